The minimum atomic E-state index is -0.774. The van der Waals surface area contributed by atoms with Crippen molar-refractivity contribution in [3.05, 3.63) is 93.2 Å². The number of urea groups is 1. The first-order chi connectivity index (χ1) is 16.5. The Labute approximate surface area is 197 Å². The third kappa shape index (κ3) is 5.15. The largest absolute Gasteiger partial charge is 0.463 e. The van der Waals surface area contributed by atoms with Gasteiger partial charge in [-0.1, -0.05) is 36.4 Å². The molecule has 0 fully saturated rings. The van der Waals surface area contributed by atoms with E-state index in [-0.39, 0.29) is 12.3 Å². The lowest BCUT2D eigenvalue weighted by Gasteiger charge is -2.33. The van der Waals surface area contributed by atoms with E-state index < -0.39 is 23.0 Å². The molecule has 0 bridgehead atoms. The summed E-state index contributed by atoms with van der Waals surface area (Å²) in [5, 5.41) is 16.6. The number of ether oxygens (including phenoxy) is 1. The van der Waals surface area contributed by atoms with Gasteiger partial charge in [0, 0.05) is 37.5 Å². The smallest absolute Gasteiger partial charge is 0.338 e. The van der Waals surface area contributed by atoms with Crippen molar-refractivity contribution in [2.45, 2.75) is 19.4 Å². The highest BCUT2D eigenvalue weighted by Crippen LogP contribution is 2.30. The van der Waals surface area contributed by atoms with E-state index in [0.29, 0.717) is 29.9 Å². The van der Waals surface area contributed by atoms with Crippen LogP contribution in [0.4, 0.5) is 10.5 Å². The Balaban J connectivity index is 1.61. The van der Waals surface area contributed by atoms with Gasteiger partial charge in [0.1, 0.15) is 0 Å². The van der Waals surface area contributed by atoms with E-state index in [1.54, 1.807) is 19.1 Å². The number of hydrogen-bond acceptors (Lipinski definition) is 6. The molecule has 9 heteroatoms. The lowest BCUT2D eigenvalue weighted by molar-refractivity contribution is -0.384. The van der Waals surface area contributed by atoms with Crippen molar-refractivity contribution in [2.75, 3.05) is 26.2 Å². The Morgan fingerprint density at radius 2 is 1.91 bits per heavy atom. The first-order valence-corrected chi connectivity index (χ1v) is 11.1. The van der Waals surface area contributed by atoms with E-state index in [0.717, 1.165) is 13.0 Å². The molecule has 1 atom stereocenters. The highest BCUT2D eigenvalue weighted by Gasteiger charge is 2.34. The quantitative estimate of drug-likeness (QED) is 0.370. The summed E-state index contributed by atoms with van der Waals surface area (Å²) in [6.07, 6.45) is 3.02. The molecule has 0 saturated carbocycles. The van der Waals surface area contributed by atoms with Gasteiger partial charge in [-0.2, -0.15) is 0 Å². The maximum Gasteiger partial charge on any atom is 0.338 e. The van der Waals surface area contributed by atoms with Crippen LogP contribution in [-0.2, 0) is 9.53 Å². The number of hydrogen-bond donors (Lipinski definition) is 2. The van der Waals surface area contributed by atoms with Gasteiger partial charge < -0.3 is 15.4 Å². The van der Waals surface area contributed by atoms with Crippen LogP contribution in [0.5, 0.6) is 0 Å². The van der Waals surface area contributed by atoms with Crippen LogP contribution in [0.1, 0.15) is 30.5 Å². The summed E-state index contributed by atoms with van der Waals surface area (Å²) < 4.78 is 5.30. The molecular formula is C25H26N4O5. The Bertz CT molecular complexity index is 1140. The third-order valence-corrected chi connectivity index (χ3v) is 5.91. The number of amides is 2. The first-order valence-electron chi connectivity index (χ1n) is 11.1. The second kappa shape index (κ2) is 10.3. The SMILES string of the molecule is CCOC(=O)C1=C(CN2CC=C(c3ccccc3)CC2)NC(=O)N[C@H]1c1ccc([N+](=O)[O-])cc1. The Morgan fingerprint density at radius 1 is 1.18 bits per heavy atom. The minimum Gasteiger partial charge on any atom is -0.463 e. The number of non-ortho nitro benzene ring substituents is 1. The van der Waals surface area contributed by atoms with Crippen LogP contribution in [0, 0.1) is 10.1 Å². The number of nitro benzene ring substituents is 1. The van der Waals surface area contributed by atoms with E-state index in [1.807, 2.05) is 18.2 Å². The van der Waals surface area contributed by atoms with Crippen LogP contribution in [0.15, 0.2) is 71.9 Å². The number of nitro groups is 1. The highest BCUT2D eigenvalue weighted by atomic mass is 16.6. The number of carbonyl (C=O) groups excluding carboxylic acids is 2. The van der Waals surface area contributed by atoms with Crippen LogP contribution < -0.4 is 10.6 Å². The van der Waals surface area contributed by atoms with Crippen molar-refractivity contribution in [3.8, 4) is 0 Å². The van der Waals surface area contributed by atoms with Crippen LogP contribution >= 0.6 is 0 Å². The van der Waals surface area contributed by atoms with Crippen molar-refractivity contribution in [3.63, 3.8) is 0 Å². The van der Waals surface area contributed by atoms with Gasteiger partial charge in [-0.05, 0) is 42.2 Å². The predicted octanol–water partition coefficient (Wildman–Crippen LogP) is 3.56. The molecule has 2 amide bonds. The fourth-order valence-electron chi connectivity index (χ4n) is 4.22. The number of benzene rings is 2. The summed E-state index contributed by atoms with van der Waals surface area (Å²) in [4.78, 5) is 38.1. The molecule has 2 heterocycles. The van der Waals surface area contributed by atoms with Crippen LogP contribution in [0.3, 0.4) is 0 Å². The Hall–Kier alpha value is -3.98. The first kappa shape index (κ1) is 23.2. The van der Waals surface area contributed by atoms with Crippen molar-refractivity contribution in [1.82, 2.24) is 15.5 Å². The van der Waals surface area contributed by atoms with E-state index >= 15 is 0 Å². The van der Waals surface area contributed by atoms with Crippen molar-refractivity contribution < 1.29 is 19.2 Å². The number of nitrogens with zero attached hydrogens (tertiary/aromatic N) is 2. The molecule has 0 radical (unpaired) electrons. The molecule has 2 aliphatic heterocycles. The lowest BCUT2D eigenvalue weighted by Crippen LogP contribution is -2.48. The van der Waals surface area contributed by atoms with Gasteiger partial charge in [0.2, 0.25) is 0 Å². The Kier molecular flexibility index (Phi) is 7.03. The molecule has 4 rings (SSSR count). The monoisotopic (exact) mass is 462 g/mol. The zero-order valence-electron chi connectivity index (χ0n) is 18.8. The number of carbonyl (C=O) groups is 2. The maximum absolute atomic E-state index is 12.9. The summed E-state index contributed by atoms with van der Waals surface area (Å²) >= 11 is 0. The van der Waals surface area contributed by atoms with Crippen molar-refractivity contribution in [2.24, 2.45) is 0 Å². The molecule has 0 saturated heterocycles. The van der Waals surface area contributed by atoms with Gasteiger partial charge in [0.15, 0.2) is 0 Å². The third-order valence-electron chi connectivity index (χ3n) is 5.91. The fraction of sp³-hybridized carbons (Fsp3) is 0.280. The molecule has 0 spiro atoms. The van der Waals surface area contributed by atoms with Gasteiger partial charge >= 0.3 is 12.0 Å². The molecule has 2 aromatic carbocycles. The molecule has 2 aliphatic rings. The molecule has 2 aromatic rings. The topological polar surface area (TPSA) is 114 Å². The zero-order chi connectivity index (χ0) is 24.1. The molecule has 9 nitrogen and oxygen atoms in total. The second-order valence-corrected chi connectivity index (χ2v) is 8.07. The molecule has 176 valence electrons. The number of esters is 1. The van der Waals surface area contributed by atoms with E-state index in [4.69, 9.17) is 4.74 Å². The summed E-state index contributed by atoms with van der Waals surface area (Å²) in [7, 11) is 0. The summed E-state index contributed by atoms with van der Waals surface area (Å²) in [5.74, 6) is -0.536. The number of rotatable bonds is 7. The van der Waals surface area contributed by atoms with Crippen LogP contribution in [0.2, 0.25) is 0 Å². The van der Waals surface area contributed by atoms with Crippen molar-refractivity contribution in [1.29, 1.82) is 0 Å². The van der Waals surface area contributed by atoms with Crippen LogP contribution in [-0.4, -0.2) is 48.1 Å². The average molecular weight is 463 g/mol. The van der Waals surface area contributed by atoms with Gasteiger partial charge in [0.25, 0.3) is 5.69 Å². The molecule has 2 N–H and O–H groups in total. The molecule has 0 aromatic heterocycles. The van der Waals surface area contributed by atoms with Crippen LogP contribution in [0.25, 0.3) is 5.57 Å². The summed E-state index contributed by atoms with van der Waals surface area (Å²) in [6.45, 7) is 3.71. The molecular weight excluding hydrogens is 436 g/mol. The lowest BCUT2D eigenvalue weighted by atomic mass is 9.94. The normalized spacial score (nSPS) is 18.6. The van der Waals surface area contributed by atoms with E-state index in [1.165, 1.54) is 23.3 Å². The molecule has 34 heavy (non-hydrogen) atoms. The summed E-state index contributed by atoms with van der Waals surface area (Å²) in [5.41, 5.74) is 3.73. The molecule has 0 unspecified atom stereocenters. The number of nitrogens with one attached hydrogen (secondary N) is 2. The summed E-state index contributed by atoms with van der Waals surface area (Å²) in [6, 6.07) is 14.8. The highest BCUT2D eigenvalue weighted by molar-refractivity contribution is 5.95. The van der Waals surface area contributed by atoms with Gasteiger partial charge in [0.05, 0.1) is 23.1 Å². The molecule has 0 aliphatic carbocycles. The average Bonchev–Trinajstić information content (AvgIpc) is 2.85. The Morgan fingerprint density at radius 3 is 2.53 bits per heavy atom. The van der Waals surface area contributed by atoms with E-state index in [2.05, 4.69) is 33.7 Å². The van der Waals surface area contributed by atoms with E-state index in [9.17, 15) is 19.7 Å². The van der Waals surface area contributed by atoms with Gasteiger partial charge in [-0.3, -0.25) is 15.0 Å². The predicted molar refractivity (Wildman–Crippen MR) is 127 cm³/mol. The second-order valence-electron chi connectivity index (χ2n) is 8.07. The fourth-order valence-corrected chi connectivity index (χ4v) is 4.22. The maximum atomic E-state index is 12.9. The van der Waals surface area contributed by atoms with Gasteiger partial charge in [-0.15, -0.1) is 0 Å². The minimum absolute atomic E-state index is 0.0692. The zero-order valence-corrected chi connectivity index (χ0v) is 18.8. The van der Waals surface area contributed by atoms with Crippen molar-refractivity contribution >= 4 is 23.3 Å². The van der Waals surface area contributed by atoms with Gasteiger partial charge in [-0.25, -0.2) is 9.59 Å². The standard InChI is InChI=1S/C25H26N4O5/c1-2-34-24(30)22-21(16-28-14-12-18(13-15-28)17-6-4-3-5-7-17)26-25(31)27-23(22)19-8-10-20(11-9-19)29(32)33/h3-12,23H,2,13-16H2,1H3,(H2,26,27,31)/t23-/m0/s1.